The number of phenols is 2. The van der Waals surface area contributed by atoms with Gasteiger partial charge in [-0.05, 0) is 63.3 Å². The summed E-state index contributed by atoms with van der Waals surface area (Å²) in [7, 11) is 0. The van der Waals surface area contributed by atoms with Crippen LogP contribution < -0.4 is 16.1 Å². The molecule has 1 amide bonds. The van der Waals surface area contributed by atoms with Crippen LogP contribution in [0.4, 0.5) is 0 Å². The molecule has 1 heterocycles. The van der Waals surface area contributed by atoms with Gasteiger partial charge in [0.2, 0.25) is 5.91 Å². The van der Waals surface area contributed by atoms with Gasteiger partial charge in [-0.1, -0.05) is 38.1 Å². The molecule has 3 rings (SSSR count). The zero-order valence-electron chi connectivity index (χ0n) is 21.1. The third-order valence-corrected chi connectivity index (χ3v) is 5.60. The first kappa shape index (κ1) is 25.6. The van der Waals surface area contributed by atoms with Crippen LogP contribution in [0.3, 0.4) is 0 Å². The minimum Gasteiger partial charge on any atom is -0.508 e. The van der Waals surface area contributed by atoms with Gasteiger partial charge in [0.05, 0.1) is 5.56 Å². The average molecular weight is 468 g/mol. The van der Waals surface area contributed by atoms with Crippen LogP contribution in [0.25, 0.3) is 11.3 Å². The van der Waals surface area contributed by atoms with Gasteiger partial charge in [0.1, 0.15) is 11.5 Å². The molecule has 0 saturated carbocycles. The topological polar surface area (TPSA) is 103 Å². The number of amides is 1. The van der Waals surface area contributed by atoms with Crippen LogP contribution in [0, 0.1) is 0 Å². The number of carbonyl (C=O) groups is 1. The lowest BCUT2D eigenvalue weighted by molar-refractivity contribution is -0.123. The Morgan fingerprint density at radius 3 is 2.26 bits per heavy atom. The van der Waals surface area contributed by atoms with Gasteiger partial charge in [-0.2, -0.15) is 0 Å². The van der Waals surface area contributed by atoms with Crippen LogP contribution in [-0.2, 0) is 16.2 Å². The van der Waals surface area contributed by atoms with Gasteiger partial charge in [0, 0.05) is 29.8 Å². The van der Waals surface area contributed by atoms with Gasteiger partial charge in [0.15, 0.2) is 11.8 Å². The van der Waals surface area contributed by atoms with E-state index in [9.17, 15) is 15.0 Å². The van der Waals surface area contributed by atoms with Gasteiger partial charge in [-0.25, -0.2) is 0 Å². The molecule has 2 aromatic carbocycles. The minimum atomic E-state index is -0.758. The molecule has 0 fully saturated rings. The number of phenolic OH excluding ortho intramolecular Hbond substituents is 2. The normalized spacial score (nSPS) is 16.3. The molecule has 0 saturated heterocycles. The fourth-order valence-electron chi connectivity index (χ4n) is 3.82. The average Bonchev–Trinajstić information content (AvgIpc) is 3.16. The van der Waals surface area contributed by atoms with Gasteiger partial charge in [-0.15, -0.1) is 5.48 Å². The smallest absolute Gasteiger partial charge is 0.245 e. The van der Waals surface area contributed by atoms with Crippen molar-refractivity contribution in [2.75, 3.05) is 0 Å². The van der Waals surface area contributed by atoms with E-state index in [2.05, 4.69) is 36.9 Å². The maximum Gasteiger partial charge on any atom is 0.245 e. The Morgan fingerprint density at radius 2 is 1.71 bits per heavy atom. The second-order valence-corrected chi connectivity index (χ2v) is 10.4. The van der Waals surface area contributed by atoms with Crippen LogP contribution in [0.2, 0.25) is 0 Å². The summed E-state index contributed by atoms with van der Waals surface area (Å²) in [5.41, 5.74) is 6.49. The van der Waals surface area contributed by atoms with E-state index in [4.69, 9.17) is 4.84 Å². The van der Waals surface area contributed by atoms with E-state index in [-0.39, 0.29) is 34.9 Å². The molecule has 2 aromatic rings. The summed E-state index contributed by atoms with van der Waals surface area (Å²) in [6.45, 7) is 14.8. The predicted octanol–water partition coefficient (Wildman–Crippen LogP) is 4.41. The maximum atomic E-state index is 13.0. The molecule has 1 atom stereocenters. The van der Waals surface area contributed by atoms with Crippen molar-refractivity contribution >= 4 is 17.2 Å². The fraction of sp³-hybridized carbons (Fsp3) is 0.444. The maximum absolute atomic E-state index is 13.0. The quantitative estimate of drug-likeness (QED) is 0.414. The number of nitrogens with one attached hydrogen (secondary N) is 3. The summed E-state index contributed by atoms with van der Waals surface area (Å²) in [4.78, 5) is 18.8. The Balaban J connectivity index is 2.09. The molecule has 0 radical (unpaired) electrons. The Morgan fingerprint density at radius 1 is 1.06 bits per heavy atom. The van der Waals surface area contributed by atoms with Gasteiger partial charge >= 0.3 is 0 Å². The zero-order valence-corrected chi connectivity index (χ0v) is 21.1. The predicted molar refractivity (Wildman–Crippen MR) is 135 cm³/mol. The van der Waals surface area contributed by atoms with Gasteiger partial charge in [0.25, 0.3) is 0 Å². The minimum absolute atomic E-state index is 0.00211. The molecule has 5 N–H and O–H groups in total. The van der Waals surface area contributed by atoms with Gasteiger partial charge in [-0.3, -0.25) is 4.79 Å². The number of hydrogen-bond donors (Lipinski definition) is 5. The lowest BCUT2D eigenvalue weighted by Crippen LogP contribution is -2.44. The van der Waals surface area contributed by atoms with Gasteiger partial charge < -0.3 is 25.7 Å². The third kappa shape index (κ3) is 5.90. The number of rotatable bonds is 7. The Kier molecular flexibility index (Phi) is 7.58. The third-order valence-electron chi connectivity index (χ3n) is 5.60. The van der Waals surface area contributed by atoms with Crippen molar-refractivity contribution in [2.24, 2.45) is 0 Å². The van der Waals surface area contributed by atoms with Crippen LogP contribution in [0.1, 0.15) is 76.6 Å². The van der Waals surface area contributed by atoms with E-state index in [0.717, 1.165) is 17.7 Å². The number of aromatic hydroxyl groups is 2. The molecule has 1 aliphatic heterocycles. The van der Waals surface area contributed by atoms with Crippen molar-refractivity contribution in [3.63, 3.8) is 0 Å². The first-order valence-electron chi connectivity index (χ1n) is 11.7. The van der Waals surface area contributed by atoms with Crippen molar-refractivity contribution < 1.29 is 19.8 Å². The highest BCUT2D eigenvalue weighted by Crippen LogP contribution is 2.41. The molecule has 184 valence electrons. The molecule has 0 aromatic heterocycles. The standard InChI is InChI=1S/C27H37N3O4/c1-15(2)19-12-20(22(32)13-21(19)31)25-23(24(30-34-25)26(33)29-16(3)4)18-10-8-17(9-11-18)14-28-27(5,6)7/h8-13,15-16,24,28,30-32H,14H2,1-7H3,(H,29,33). The summed E-state index contributed by atoms with van der Waals surface area (Å²) in [5.74, 6) is 0.0818. The lowest BCUT2D eigenvalue weighted by Gasteiger charge is -2.21. The van der Waals surface area contributed by atoms with E-state index in [0.29, 0.717) is 22.5 Å². The van der Waals surface area contributed by atoms with Crippen LogP contribution in [0.5, 0.6) is 11.5 Å². The van der Waals surface area contributed by atoms with E-state index in [1.54, 1.807) is 6.07 Å². The first-order chi connectivity index (χ1) is 15.9. The Bertz CT molecular complexity index is 1070. The Hall–Kier alpha value is -3.03. The van der Waals surface area contributed by atoms with Crippen molar-refractivity contribution in [2.45, 2.75) is 78.6 Å². The van der Waals surface area contributed by atoms with E-state index < -0.39 is 6.04 Å². The summed E-state index contributed by atoms with van der Waals surface area (Å²) in [6, 6.07) is 10.2. The SMILES string of the molecule is CC(C)NC(=O)C1NOC(c2cc(C(C)C)c(O)cc2O)=C1c1ccc(CNC(C)(C)C)cc1. The fourth-order valence-corrected chi connectivity index (χ4v) is 3.82. The van der Waals surface area contributed by atoms with Crippen molar-refractivity contribution in [1.29, 1.82) is 0 Å². The molecule has 1 unspecified atom stereocenters. The zero-order chi connectivity index (χ0) is 25.2. The molecule has 0 aliphatic carbocycles. The summed E-state index contributed by atoms with van der Waals surface area (Å²) >= 11 is 0. The molecular weight excluding hydrogens is 430 g/mol. The second-order valence-electron chi connectivity index (χ2n) is 10.4. The number of benzene rings is 2. The molecular formula is C27H37N3O4. The largest absolute Gasteiger partial charge is 0.508 e. The van der Waals surface area contributed by atoms with Crippen molar-refractivity contribution in [3.8, 4) is 11.5 Å². The van der Waals surface area contributed by atoms with Crippen molar-refractivity contribution in [1.82, 2.24) is 16.1 Å². The van der Waals surface area contributed by atoms with Crippen LogP contribution in [0.15, 0.2) is 36.4 Å². The Labute approximate surface area is 202 Å². The van der Waals surface area contributed by atoms with E-state index in [1.807, 2.05) is 52.0 Å². The highest BCUT2D eigenvalue weighted by Gasteiger charge is 2.36. The lowest BCUT2D eigenvalue weighted by atomic mass is 9.92. The van der Waals surface area contributed by atoms with E-state index in [1.165, 1.54) is 6.07 Å². The highest BCUT2D eigenvalue weighted by atomic mass is 16.7. The number of hydrogen-bond acceptors (Lipinski definition) is 6. The summed E-state index contributed by atoms with van der Waals surface area (Å²) in [5, 5.41) is 27.4. The molecule has 34 heavy (non-hydrogen) atoms. The van der Waals surface area contributed by atoms with Crippen LogP contribution >= 0.6 is 0 Å². The molecule has 7 nitrogen and oxygen atoms in total. The number of carbonyl (C=O) groups excluding carboxylic acids is 1. The molecule has 0 spiro atoms. The summed E-state index contributed by atoms with van der Waals surface area (Å²) < 4.78 is 0. The van der Waals surface area contributed by atoms with Crippen molar-refractivity contribution in [3.05, 3.63) is 58.7 Å². The second kappa shape index (κ2) is 10.1. The highest BCUT2D eigenvalue weighted by molar-refractivity contribution is 6.05. The van der Waals surface area contributed by atoms with Crippen LogP contribution in [-0.4, -0.2) is 33.7 Å². The molecule has 1 aliphatic rings. The molecule has 7 heteroatoms. The van der Waals surface area contributed by atoms with E-state index >= 15 is 0 Å². The molecule has 0 bridgehead atoms. The summed E-state index contributed by atoms with van der Waals surface area (Å²) in [6.07, 6.45) is 0. The first-order valence-corrected chi connectivity index (χ1v) is 11.7. The number of hydroxylamine groups is 1. The monoisotopic (exact) mass is 467 g/mol.